The van der Waals surface area contributed by atoms with Crippen molar-refractivity contribution in [3.63, 3.8) is 0 Å². The highest BCUT2D eigenvalue weighted by Crippen LogP contribution is 2.31. The van der Waals surface area contributed by atoms with Crippen molar-refractivity contribution < 1.29 is 4.79 Å². The summed E-state index contributed by atoms with van der Waals surface area (Å²) in [5.41, 5.74) is 7.70. The molecule has 0 aliphatic heterocycles. The molecule has 1 saturated carbocycles. The van der Waals surface area contributed by atoms with Crippen LogP contribution in [0, 0.1) is 5.92 Å². The zero-order valence-electron chi connectivity index (χ0n) is 14.2. The first kappa shape index (κ1) is 16.7. The normalized spacial score (nSPS) is 21.2. The molecule has 0 spiro atoms. The van der Waals surface area contributed by atoms with Crippen LogP contribution in [0.2, 0.25) is 0 Å². The molecule has 3 nitrogen and oxygen atoms in total. The lowest BCUT2D eigenvalue weighted by molar-refractivity contribution is -0.127. The van der Waals surface area contributed by atoms with E-state index in [2.05, 4.69) is 36.5 Å². The third-order valence-corrected chi connectivity index (χ3v) is 5.16. The van der Waals surface area contributed by atoms with Crippen LogP contribution in [0.3, 0.4) is 0 Å². The third-order valence-electron chi connectivity index (χ3n) is 5.16. The average molecular weight is 322 g/mol. The SMILES string of the molecule is CC(NC(=O)C1CCCC(N)C1)(c1ccccc1)c1ccccc1. The molecule has 2 aromatic rings. The van der Waals surface area contributed by atoms with Gasteiger partial charge in [0.25, 0.3) is 0 Å². The van der Waals surface area contributed by atoms with Gasteiger partial charge in [-0.15, -0.1) is 0 Å². The number of amides is 1. The molecule has 3 heteroatoms. The van der Waals surface area contributed by atoms with Crippen molar-refractivity contribution in [2.45, 2.75) is 44.2 Å². The topological polar surface area (TPSA) is 55.1 Å². The summed E-state index contributed by atoms with van der Waals surface area (Å²) < 4.78 is 0. The molecular weight excluding hydrogens is 296 g/mol. The largest absolute Gasteiger partial charge is 0.343 e. The van der Waals surface area contributed by atoms with Gasteiger partial charge in [0.1, 0.15) is 0 Å². The second-order valence-corrected chi connectivity index (χ2v) is 6.97. The number of hydrogen-bond donors (Lipinski definition) is 2. The van der Waals surface area contributed by atoms with E-state index in [0.717, 1.165) is 36.8 Å². The standard InChI is InChI=1S/C21H26N2O/c1-21(17-10-4-2-5-11-17,18-12-6-3-7-13-18)23-20(24)16-9-8-14-19(22)15-16/h2-7,10-13,16,19H,8-9,14-15,22H2,1H3,(H,23,24). The van der Waals surface area contributed by atoms with Crippen molar-refractivity contribution in [1.29, 1.82) is 0 Å². The highest BCUT2D eigenvalue weighted by atomic mass is 16.2. The molecule has 126 valence electrons. The van der Waals surface area contributed by atoms with Gasteiger partial charge in [-0.2, -0.15) is 0 Å². The maximum Gasteiger partial charge on any atom is 0.224 e. The Morgan fingerprint density at radius 2 is 1.54 bits per heavy atom. The number of carbonyl (C=O) groups excluding carboxylic acids is 1. The Bertz CT molecular complexity index is 629. The fourth-order valence-corrected chi connectivity index (χ4v) is 3.67. The lowest BCUT2D eigenvalue weighted by atomic mass is 9.81. The summed E-state index contributed by atoms with van der Waals surface area (Å²) in [6, 6.07) is 20.5. The molecule has 1 fully saturated rings. The van der Waals surface area contributed by atoms with E-state index in [-0.39, 0.29) is 17.9 Å². The number of rotatable bonds is 4. The molecule has 0 bridgehead atoms. The van der Waals surface area contributed by atoms with Gasteiger partial charge in [0.05, 0.1) is 5.54 Å². The number of benzene rings is 2. The van der Waals surface area contributed by atoms with Crippen LogP contribution in [0.15, 0.2) is 60.7 Å². The lowest BCUT2D eigenvalue weighted by Gasteiger charge is -2.35. The first-order chi connectivity index (χ1) is 11.6. The minimum Gasteiger partial charge on any atom is -0.343 e. The Morgan fingerprint density at radius 1 is 1.00 bits per heavy atom. The van der Waals surface area contributed by atoms with Gasteiger partial charge in [0.15, 0.2) is 0 Å². The highest BCUT2D eigenvalue weighted by Gasteiger charge is 2.34. The van der Waals surface area contributed by atoms with Gasteiger partial charge in [-0.3, -0.25) is 4.79 Å². The molecule has 2 atom stereocenters. The molecule has 0 radical (unpaired) electrons. The summed E-state index contributed by atoms with van der Waals surface area (Å²) in [7, 11) is 0. The van der Waals surface area contributed by atoms with Crippen LogP contribution in [0.25, 0.3) is 0 Å². The Labute approximate surface area is 144 Å². The van der Waals surface area contributed by atoms with E-state index >= 15 is 0 Å². The molecular formula is C21H26N2O. The fourth-order valence-electron chi connectivity index (χ4n) is 3.67. The van der Waals surface area contributed by atoms with E-state index < -0.39 is 5.54 Å². The Balaban J connectivity index is 1.90. The summed E-state index contributed by atoms with van der Waals surface area (Å²) in [6.07, 6.45) is 3.77. The molecule has 0 aromatic heterocycles. The van der Waals surface area contributed by atoms with Gasteiger partial charge in [-0.05, 0) is 37.3 Å². The van der Waals surface area contributed by atoms with Gasteiger partial charge in [0.2, 0.25) is 5.91 Å². The van der Waals surface area contributed by atoms with Crippen LogP contribution in [-0.4, -0.2) is 11.9 Å². The zero-order chi connectivity index (χ0) is 17.0. The van der Waals surface area contributed by atoms with Crippen molar-refractivity contribution >= 4 is 5.91 Å². The molecule has 1 aliphatic rings. The van der Waals surface area contributed by atoms with Gasteiger partial charge < -0.3 is 11.1 Å². The molecule has 3 N–H and O–H groups in total. The lowest BCUT2D eigenvalue weighted by Crippen LogP contribution is -2.48. The Kier molecular flexibility index (Phi) is 5.00. The second-order valence-electron chi connectivity index (χ2n) is 6.97. The van der Waals surface area contributed by atoms with Crippen molar-refractivity contribution in [2.75, 3.05) is 0 Å². The van der Waals surface area contributed by atoms with Crippen molar-refractivity contribution in [3.05, 3.63) is 71.8 Å². The van der Waals surface area contributed by atoms with Gasteiger partial charge in [-0.25, -0.2) is 0 Å². The predicted octanol–water partition coefficient (Wildman–Crippen LogP) is 3.58. The van der Waals surface area contributed by atoms with E-state index in [4.69, 9.17) is 5.73 Å². The molecule has 0 saturated heterocycles. The smallest absolute Gasteiger partial charge is 0.224 e. The van der Waals surface area contributed by atoms with Crippen LogP contribution >= 0.6 is 0 Å². The summed E-state index contributed by atoms with van der Waals surface area (Å²) in [5, 5.41) is 3.32. The second kappa shape index (κ2) is 7.18. The number of carbonyl (C=O) groups is 1. The minimum atomic E-state index is -0.541. The molecule has 1 aliphatic carbocycles. The van der Waals surface area contributed by atoms with Gasteiger partial charge in [0, 0.05) is 12.0 Å². The molecule has 3 rings (SSSR count). The first-order valence-electron chi connectivity index (χ1n) is 8.78. The molecule has 2 aromatic carbocycles. The van der Waals surface area contributed by atoms with E-state index in [1.807, 2.05) is 36.4 Å². The summed E-state index contributed by atoms with van der Waals surface area (Å²) >= 11 is 0. The van der Waals surface area contributed by atoms with Crippen LogP contribution < -0.4 is 11.1 Å². The van der Waals surface area contributed by atoms with E-state index in [9.17, 15) is 4.79 Å². The fraction of sp³-hybridized carbons (Fsp3) is 0.381. The maximum atomic E-state index is 12.9. The summed E-state index contributed by atoms with van der Waals surface area (Å²) in [5.74, 6) is 0.126. The molecule has 1 amide bonds. The minimum absolute atomic E-state index is 0.0144. The Hall–Kier alpha value is -2.13. The highest BCUT2D eigenvalue weighted by molar-refractivity contribution is 5.80. The summed E-state index contributed by atoms with van der Waals surface area (Å²) in [4.78, 5) is 12.9. The zero-order valence-corrected chi connectivity index (χ0v) is 14.2. The quantitative estimate of drug-likeness (QED) is 0.904. The number of nitrogens with two attached hydrogens (primary N) is 1. The summed E-state index contributed by atoms with van der Waals surface area (Å²) in [6.45, 7) is 2.08. The van der Waals surface area contributed by atoms with E-state index in [1.165, 1.54) is 0 Å². The predicted molar refractivity (Wildman–Crippen MR) is 97.4 cm³/mol. The van der Waals surface area contributed by atoms with Gasteiger partial charge >= 0.3 is 0 Å². The van der Waals surface area contributed by atoms with Crippen LogP contribution in [0.5, 0.6) is 0 Å². The first-order valence-corrected chi connectivity index (χ1v) is 8.78. The van der Waals surface area contributed by atoms with Crippen molar-refractivity contribution in [1.82, 2.24) is 5.32 Å². The maximum absolute atomic E-state index is 12.9. The van der Waals surface area contributed by atoms with Crippen LogP contribution in [0.4, 0.5) is 0 Å². The van der Waals surface area contributed by atoms with Crippen LogP contribution in [-0.2, 0) is 10.3 Å². The molecule has 0 heterocycles. The van der Waals surface area contributed by atoms with Gasteiger partial charge in [-0.1, -0.05) is 67.1 Å². The third kappa shape index (κ3) is 3.51. The van der Waals surface area contributed by atoms with Crippen molar-refractivity contribution in [2.24, 2.45) is 11.7 Å². The van der Waals surface area contributed by atoms with E-state index in [0.29, 0.717) is 0 Å². The Morgan fingerprint density at radius 3 is 2.04 bits per heavy atom. The number of nitrogens with one attached hydrogen (secondary N) is 1. The number of hydrogen-bond acceptors (Lipinski definition) is 2. The van der Waals surface area contributed by atoms with Crippen molar-refractivity contribution in [3.8, 4) is 0 Å². The molecule has 24 heavy (non-hydrogen) atoms. The van der Waals surface area contributed by atoms with E-state index in [1.54, 1.807) is 0 Å². The van der Waals surface area contributed by atoms with Crippen LogP contribution in [0.1, 0.15) is 43.7 Å². The monoisotopic (exact) mass is 322 g/mol. The average Bonchev–Trinajstić information content (AvgIpc) is 2.63. The molecule has 2 unspecified atom stereocenters.